The highest BCUT2D eigenvalue weighted by Crippen LogP contribution is 2.48. The van der Waals surface area contributed by atoms with E-state index in [4.69, 9.17) is 9.40 Å². The van der Waals surface area contributed by atoms with E-state index >= 15 is 0 Å². The van der Waals surface area contributed by atoms with Crippen molar-refractivity contribution in [1.29, 1.82) is 0 Å². The minimum absolute atomic E-state index is 0.623. The second-order valence-corrected chi connectivity index (χ2v) is 13.0. The Morgan fingerprint density at radius 3 is 1.23 bits per heavy atom. The van der Waals surface area contributed by atoms with Gasteiger partial charge >= 0.3 is 0 Å². The smallest absolute Gasteiger partial charge is 0.227 e. The molecule has 8 aromatic carbocycles. The van der Waals surface area contributed by atoms with Gasteiger partial charge in [-0.2, -0.15) is 0 Å². The number of hydrogen-bond acceptors (Lipinski definition) is 2. The number of aryl methyl sites for hydroxylation is 3. The molecule has 0 atom stereocenters. The first-order chi connectivity index (χ1) is 23.5. The predicted octanol–water partition coefficient (Wildman–Crippen LogP) is 12.8. The van der Waals surface area contributed by atoms with Gasteiger partial charge < -0.3 is 4.42 Å². The third-order valence-corrected chi connectivity index (χ3v) is 9.78. The Morgan fingerprint density at radius 2 is 0.792 bits per heavy atom. The molecule has 2 nitrogen and oxygen atoms in total. The highest BCUT2D eigenvalue weighted by Gasteiger charge is 2.22. The average molecular weight is 616 g/mol. The van der Waals surface area contributed by atoms with Crippen LogP contribution in [0.3, 0.4) is 0 Å². The van der Waals surface area contributed by atoms with Crippen LogP contribution in [0.5, 0.6) is 0 Å². The van der Waals surface area contributed by atoms with Gasteiger partial charge in [-0.1, -0.05) is 144 Å². The van der Waals surface area contributed by atoms with Gasteiger partial charge in [0.25, 0.3) is 0 Å². The molecule has 0 saturated carbocycles. The zero-order valence-corrected chi connectivity index (χ0v) is 27.2. The Kier molecular flexibility index (Phi) is 6.51. The maximum atomic E-state index is 6.55. The fourth-order valence-electron chi connectivity index (χ4n) is 7.22. The Balaban J connectivity index is 1.42. The van der Waals surface area contributed by atoms with E-state index in [2.05, 4.69) is 142 Å². The van der Waals surface area contributed by atoms with Crippen LogP contribution in [0, 0.1) is 20.8 Å². The summed E-state index contributed by atoms with van der Waals surface area (Å²) in [6.45, 7) is 6.42. The Morgan fingerprint density at radius 1 is 0.396 bits per heavy atom. The lowest BCUT2D eigenvalue weighted by molar-refractivity contribution is 0.589. The summed E-state index contributed by atoms with van der Waals surface area (Å²) in [5, 5.41) is 7.35. The van der Waals surface area contributed by atoms with E-state index in [9.17, 15) is 0 Å². The molecule has 0 fully saturated rings. The molecule has 0 saturated heterocycles. The third-order valence-electron chi connectivity index (χ3n) is 9.78. The molecular weight excluding hydrogens is 583 g/mol. The summed E-state index contributed by atoms with van der Waals surface area (Å²) in [6, 6.07) is 50.7. The van der Waals surface area contributed by atoms with Gasteiger partial charge in [0, 0.05) is 11.1 Å². The summed E-state index contributed by atoms with van der Waals surface area (Å²) in [6.07, 6.45) is 1.85. The Bertz CT molecular complexity index is 2530. The summed E-state index contributed by atoms with van der Waals surface area (Å²) in [4.78, 5) is 4.87. The fraction of sp³-hybridized carbons (Fsp3) is 0.0652. The number of aromatic nitrogens is 1. The quantitative estimate of drug-likeness (QED) is 0.180. The Hall–Kier alpha value is -5.99. The van der Waals surface area contributed by atoms with Crippen LogP contribution in [-0.2, 0) is 0 Å². The van der Waals surface area contributed by atoms with Gasteiger partial charge in [0.2, 0.25) is 5.89 Å². The van der Waals surface area contributed by atoms with E-state index in [1.54, 1.807) is 0 Å². The van der Waals surface area contributed by atoms with Crippen molar-refractivity contribution in [2.24, 2.45) is 0 Å². The molecule has 1 aromatic heterocycles. The summed E-state index contributed by atoms with van der Waals surface area (Å²) in [5.41, 5.74) is 13.0. The van der Waals surface area contributed by atoms with Crippen molar-refractivity contribution in [3.8, 4) is 56.2 Å². The van der Waals surface area contributed by atoms with E-state index < -0.39 is 0 Å². The maximum absolute atomic E-state index is 6.55. The van der Waals surface area contributed by atoms with Crippen LogP contribution < -0.4 is 0 Å². The molecular formula is C46H33NO. The highest BCUT2D eigenvalue weighted by molar-refractivity contribution is 6.31. The first-order valence-electron chi connectivity index (χ1n) is 16.5. The SMILES string of the molecule is Cc1ccc(-c2cc(-c3ccc(C)cc3)c3ccc4c(-c5ncc(-c6ccccc6)o5)cc(-c5ccc(C)cc5)c5ccc2c3c54)cc1. The number of nitrogens with zero attached hydrogens (tertiary/aromatic N) is 1. The van der Waals surface area contributed by atoms with Gasteiger partial charge in [-0.15, -0.1) is 0 Å². The van der Waals surface area contributed by atoms with Crippen LogP contribution in [-0.4, -0.2) is 4.98 Å². The molecule has 2 heteroatoms. The van der Waals surface area contributed by atoms with Gasteiger partial charge in [0.1, 0.15) is 0 Å². The molecule has 48 heavy (non-hydrogen) atoms. The minimum Gasteiger partial charge on any atom is -0.436 e. The van der Waals surface area contributed by atoms with E-state index in [1.807, 2.05) is 24.4 Å². The summed E-state index contributed by atoms with van der Waals surface area (Å²) < 4.78 is 6.55. The first-order valence-corrected chi connectivity index (χ1v) is 16.5. The van der Waals surface area contributed by atoms with Crippen LogP contribution in [0.25, 0.3) is 88.5 Å². The molecule has 0 bridgehead atoms. The molecule has 9 aromatic rings. The van der Waals surface area contributed by atoms with Crippen molar-refractivity contribution in [3.05, 3.63) is 162 Å². The topological polar surface area (TPSA) is 26.0 Å². The monoisotopic (exact) mass is 615 g/mol. The number of oxazole rings is 1. The maximum Gasteiger partial charge on any atom is 0.227 e. The summed E-state index contributed by atoms with van der Waals surface area (Å²) >= 11 is 0. The number of hydrogen-bond donors (Lipinski definition) is 0. The second-order valence-electron chi connectivity index (χ2n) is 13.0. The van der Waals surface area contributed by atoms with Crippen molar-refractivity contribution in [1.82, 2.24) is 4.98 Å². The van der Waals surface area contributed by atoms with Gasteiger partial charge in [-0.05, 0) is 98.6 Å². The lowest BCUT2D eigenvalue weighted by Crippen LogP contribution is -1.94. The molecule has 0 amide bonds. The molecule has 0 N–H and O–H groups in total. The molecule has 9 rings (SSSR count). The van der Waals surface area contributed by atoms with Gasteiger partial charge in [0.05, 0.1) is 6.20 Å². The van der Waals surface area contributed by atoms with Crippen molar-refractivity contribution in [2.45, 2.75) is 20.8 Å². The van der Waals surface area contributed by atoms with Crippen molar-refractivity contribution in [3.63, 3.8) is 0 Å². The van der Waals surface area contributed by atoms with E-state index in [-0.39, 0.29) is 0 Å². The van der Waals surface area contributed by atoms with E-state index in [0.717, 1.165) is 22.3 Å². The van der Waals surface area contributed by atoms with Gasteiger partial charge in [0.15, 0.2) is 5.76 Å². The van der Waals surface area contributed by atoms with Crippen molar-refractivity contribution >= 4 is 32.3 Å². The van der Waals surface area contributed by atoms with Crippen molar-refractivity contribution in [2.75, 3.05) is 0 Å². The molecule has 228 valence electrons. The minimum atomic E-state index is 0.623. The fourth-order valence-corrected chi connectivity index (χ4v) is 7.22. The molecule has 0 aliphatic rings. The van der Waals surface area contributed by atoms with Gasteiger partial charge in [-0.3, -0.25) is 0 Å². The zero-order chi connectivity index (χ0) is 32.4. The third kappa shape index (κ3) is 4.60. The first kappa shape index (κ1) is 28.3. The van der Waals surface area contributed by atoms with E-state index in [1.165, 1.54) is 77.0 Å². The molecule has 0 aliphatic carbocycles. The molecule has 0 radical (unpaired) electrons. The summed E-state index contributed by atoms with van der Waals surface area (Å²) in [5.74, 6) is 1.38. The lowest BCUT2D eigenvalue weighted by Gasteiger charge is -2.21. The number of rotatable bonds is 5. The van der Waals surface area contributed by atoms with Crippen molar-refractivity contribution < 1.29 is 4.42 Å². The van der Waals surface area contributed by atoms with E-state index in [0.29, 0.717) is 5.89 Å². The molecule has 0 unspecified atom stereocenters. The Labute approximate surface area is 280 Å². The van der Waals surface area contributed by atoms with Gasteiger partial charge in [-0.25, -0.2) is 4.98 Å². The molecule has 0 aliphatic heterocycles. The normalized spacial score (nSPS) is 11.6. The molecule has 1 heterocycles. The highest BCUT2D eigenvalue weighted by atomic mass is 16.4. The second kappa shape index (κ2) is 11.1. The van der Waals surface area contributed by atoms with Crippen LogP contribution in [0.15, 0.2) is 150 Å². The van der Waals surface area contributed by atoms with Crippen LogP contribution in [0.4, 0.5) is 0 Å². The predicted molar refractivity (Wildman–Crippen MR) is 202 cm³/mol. The zero-order valence-electron chi connectivity index (χ0n) is 27.2. The number of benzene rings is 8. The lowest BCUT2D eigenvalue weighted by atomic mass is 9.82. The standard InChI is InChI=1S/C46H33NO/c1-28-9-15-31(16-10-28)39-25-40(32-17-11-29(2)12-18-32)36-23-24-38-42(46-47-27-43(48-46)34-7-5-4-6-8-34)26-41(33-19-13-30(3)14-20-33)37-22-21-35(39)44(36)45(37)38/h4-27H,1-3H3. The molecule has 0 spiro atoms. The van der Waals surface area contributed by atoms with Crippen LogP contribution in [0.1, 0.15) is 16.7 Å². The summed E-state index contributed by atoms with van der Waals surface area (Å²) in [7, 11) is 0. The average Bonchev–Trinajstić information content (AvgIpc) is 3.62. The largest absolute Gasteiger partial charge is 0.436 e. The van der Waals surface area contributed by atoms with Crippen LogP contribution in [0.2, 0.25) is 0 Å². The van der Waals surface area contributed by atoms with Crippen LogP contribution >= 0.6 is 0 Å².